The zero-order chi connectivity index (χ0) is 16.1. The van der Waals surface area contributed by atoms with E-state index in [2.05, 4.69) is 4.72 Å². The summed E-state index contributed by atoms with van der Waals surface area (Å²) < 4.78 is 37.5. The van der Waals surface area contributed by atoms with E-state index < -0.39 is 10.0 Å². The van der Waals surface area contributed by atoms with Gasteiger partial charge in [-0.1, -0.05) is 36.4 Å². The smallest absolute Gasteiger partial charge is 0.234 e. The van der Waals surface area contributed by atoms with Crippen molar-refractivity contribution in [2.45, 2.75) is 6.54 Å². The predicted molar refractivity (Wildman–Crippen MR) is 88.7 cm³/mol. The van der Waals surface area contributed by atoms with Gasteiger partial charge in [0, 0.05) is 12.0 Å². The summed E-state index contributed by atoms with van der Waals surface area (Å²) in [6, 6.07) is 14.7. The molecule has 0 saturated heterocycles. The van der Waals surface area contributed by atoms with Crippen LogP contribution in [-0.2, 0) is 16.6 Å². The molecule has 0 aromatic heterocycles. The van der Waals surface area contributed by atoms with E-state index in [0.29, 0.717) is 24.7 Å². The Balaban J connectivity index is 1.64. The maximum Gasteiger partial charge on any atom is 0.234 e. The van der Waals surface area contributed by atoms with Crippen molar-refractivity contribution in [2.75, 3.05) is 13.2 Å². The van der Waals surface area contributed by atoms with Crippen LogP contribution in [0, 0.1) is 0 Å². The molecule has 1 aliphatic heterocycles. The molecule has 0 amide bonds. The van der Waals surface area contributed by atoms with E-state index in [1.807, 2.05) is 36.4 Å². The average Bonchev–Trinajstić information content (AvgIpc) is 2.59. The highest BCUT2D eigenvalue weighted by molar-refractivity contribution is 7.92. The Morgan fingerprint density at radius 1 is 1.00 bits per heavy atom. The highest BCUT2D eigenvalue weighted by Gasteiger charge is 2.12. The maximum atomic E-state index is 12.0. The van der Waals surface area contributed by atoms with Crippen molar-refractivity contribution in [3.63, 3.8) is 0 Å². The van der Waals surface area contributed by atoms with Gasteiger partial charge < -0.3 is 9.47 Å². The molecule has 0 fully saturated rings. The highest BCUT2D eigenvalue weighted by Crippen LogP contribution is 2.30. The molecule has 0 spiro atoms. The van der Waals surface area contributed by atoms with Crippen LogP contribution < -0.4 is 14.2 Å². The molecule has 0 aliphatic carbocycles. The van der Waals surface area contributed by atoms with Crippen molar-refractivity contribution in [1.29, 1.82) is 0 Å². The first-order valence-corrected chi connectivity index (χ1v) is 8.78. The van der Waals surface area contributed by atoms with Crippen LogP contribution in [-0.4, -0.2) is 21.6 Å². The zero-order valence-corrected chi connectivity index (χ0v) is 13.3. The first-order valence-electron chi connectivity index (χ1n) is 7.24. The van der Waals surface area contributed by atoms with Crippen molar-refractivity contribution in [3.8, 4) is 11.5 Å². The van der Waals surface area contributed by atoms with Crippen LogP contribution in [0.15, 0.2) is 53.9 Å². The van der Waals surface area contributed by atoms with Gasteiger partial charge in [0.05, 0.1) is 0 Å². The van der Waals surface area contributed by atoms with Crippen molar-refractivity contribution >= 4 is 16.1 Å². The van der Waals surface area contributed by atoms with Gasteiger partial charge >= 0.3 is 0 Å². The Morgan fingerprint density at radius 3 is 2.52 bits per heavy atom. The van der Waals surface area contributed by atoms with Gasteiger partial charge in [0.2, 0.25) is 10.0 Å². The lowest BCUT2D eigenvalue weighted by molar-refractivity contribution is 0.171. The Bertz CT molecular complexity index is 801. The van der Waals surface area contributed by atoms with Crippen LogP contribution in [0.5, 0.6) is 11.5 Å². The van der Waals surface area contributed by atoms with Crippen LogP contribution >= 0.6 is 0 Å². The fourth-order valence-corrected chi connectivity index (χ4v) is 2.96. The second-order valence-electron chi connectivity index (χ2n) is 5.06. The molecule has 5 nitrogen and oxygen atoms in total. The summed E-state index contributed by atoms with van der Waals surface area (Å²) >= 11 is 0. The minimum atomic E-state index is -3.50. The van der Waals surface area contributed by atoms with E-state index in [9.17, 15) is 8.42 Å². The summed E-state index contributed by atoms with van der Waals surface area (Å²) in [6.45, 7) is 1.23. The van der Waals surface area contributed by atoms with Crippen LogP contribution in [0.3, 0.4) is 0 Å². The van der Waals surface area contributed by atoms with Crippen molar-refractivity contribution in [1.82, 2.24) is 4.72 Å². The molecule has 0 atom stereocenters. The van der Waals surface area contributed by atoms with Gasteiger partial charge in [0.1, 0.15) is 13.2 Å². The molecule has 1 heterocycles. The molecular weight excluding hydrogens is 314 g/mol. The highest BCUT2D eigenvalue weighted by atomic mass is 32.2. The monoisotopic (exact) mass is 331 g/mol. The molecule has 0 unspecified atom stereocenters. The van der Waals surface area contributed by atoms with Crippen molar-refractivity contribution in [3.05, 3.63) is 65.1 Å². The first kappa shape index (κ1) is 15.6. The molecule has 3 rings (SSSR count). The van der Waals surface area contributed by atoms with Gasteiger partial charge in [-0.25, -0.2) is 13.1 Å². The topological polar surface area (TPSA) is 64.6 Å². The van der Waals surface area contributed by atoms with E-state index >= 15 is 0 Å². The van der Waals surface area contributed by atoms with Crippen molar-refractivity contribution in [2.24, 2.45) is 0 Å². The molecular formula is C17H17NO4S. The van der Waals surface area contributed by atoms with Crippen LogP contribution in [0.2, 0.25) is 0 Å². The number of rotatable bonds is 5. The average molecular weight is 331 g/mol. The molecule has 120 valence electrons. The lowest BCUT2D eigenvalue weighted by Crippen LogP contribution is -2.21. The summed E-state index contributed by atoms with van der Waals surface area (Å²) in [5, 5.41) is 1.17. The van der Waals surface area contributed by atoms with Crippen molar-refractivity contribution < 1.29 is 17.9 Å². The SMILES string of the molecule is O=S(=O)(/C=C/c1ccccc1)NCc1ccc2c(c1)OCCO2. The summed E-state index contributed by atoms with van der Waals surface area (Å²) in [5.41, 5.74) is 1.64. The summed E-state index contributed by atoms with van der Waals surface area (Å²) in [7, 11) is -3.50. The number of ether oxygens (including phenoxy) is 2. The fraction of sp³-hybridized carbons (Fsp3) is 0.176. The van der Waals surface area contributed by atoms with E-state index in [1.54, 1.807) is 18.2 Å². The number of nitrogens with one attached hydrogen (secondary N) is 1. The summed E-state index contributed by atoms with van der Waals surface area (Å²) in [5.74, 6) is 1.33. The predicted octanol–water partition coefficient (Wildman–Crippen LogP) is 2.55. The minimum absolute atomic E-state index is 0.193. The lowest BCUT2D eigenvalue weighted by atomic mass is 10.2. The van der Waals surface area contributed by atoms with E-state index in [-0.39, 0.29) is 6.54 Å². The van der Waals surface area contributed by atoms with E-state index in [0.717, 1.165) is 11.1 Å². The number of benzene rings is 2. The maximum absolute atomic E-state index is 12.0. The van der Waals surface area contributed by atoms with Gasteiger partial charge in [0.25, 0.3) is 0 Å². The van der Waals surface area contributed by atoms with Gasteiger partial charge in [-0.2, -0.15) is 0 Å². The Labute approximate surface area is 135 Å². The molecule has 0 saturated carbocycles. The second-order valence-corrected chi connectivity index (χ2v) is 6.71. The van der Waals surface area contributed by atoms with Gasteiger partial charge in [0.15, 0.2) is 11.5 Å². The largest absolute Gasteiger partial charge is 0.486 e. The lowest BCUT2D eigenvalue weighted by Gasteiger charge is -2.18. The van der Waals surface area contributed by atoms with E-state index in [4.69, 9.17) is 9.47 Å². The van der Waals surface area contributed by atoms with Crippen LogP contribution in [0.4, 0.5) is 0 Å². The normalized spacial score (nSPS) is 14.1. The Hall–Kier alpha value is -2.31. The second kappa shape index (κ2) is 6.85. The van der Waals surface area contributed by atoms with Gasteiger partial charge in [-0.05, 0) is 29.3 Å². The zero-order valence-electron chi connectivity index (χ0n) is 12.4. The molecule has 23 heavy (non-hydrogen) atoms. The third-order valence-corrected chi connectivity index (χ3v) is 4.36. The molecule has 0 bridgehead atoms. The third-order valence-electron chi connectivity index (χ3n) is 3.32. The quantitative estimate of drug-likeness (QED) is 0.914. The first-order chi connectivity index (χ1) is 11.1. The minimum Gasteiger partial charge on any atom is -0.486 e. The number of sulfonamides is 1. The fourth-order valence-electron chi connectivity index (χ4n) is 2.16. The van der Waals surface area contributed by atoms with Crippen LogP contribution in [0.25, 0.3) is 6.08 Å². The number of hydrogen-bond acceptors (Lipinski definition) is 4. The Morgan fingerprint density at radius 2 is 1.74 bits per heavy atom. The standard InChI is InChI=1S/C17H17NO4S/c19-23(20,11-8-14-4-2-1-3-5-14)18-13-15-6-7-16-17(12-15)22-10-9-21-16/h1-8,11-12,18H,9-10,13H2/b11-8+. The van der Waals surface area contributed by atoms with Gasteiger partial charge in [-0.15, -0.1) is 0 Å². The molecule has 2 aromatic rings. The third kappa shape index (κ3) is 4.34. The van der Waals surface area contributed by atoms with Crippen LogP contribution in [0.1, 0.15) is 11.1 Å². The number of hydrogen-bond donors (Lipinski definition) is 1. The van der Waals surface area contributed by atoms with Gasteiger partial charge in [-0.3, -0.25) is 0 Å². The summed E-state index contributed by atoms with van der Waals surface area (Å²) in [4.78, 5) is 0. The molecule has 1 N–H and O–H groups in total. The summed E-state index contributed by atoms with van der Waals surface area (Å²) in [6.07, 6.45) is 1.56. The molecule has 1 aliphatic rings. The Kier molecular flexibility index (Phi) is 4.64. The molecule has 2 aromatic carbocycles. The molecule has 6 heteroatoms. The number of fused-ring (bicyclic) bond motifs is 1. The van der Waals surface area contributed by atoms with E-state index in [1.165, 1.54) is 5.41 Å². The molecule has 0 radical (unpaired) electrons.